The maximum Gasteiger partial charge on any atom is 0.338 e. The van der Waals surface area contributed by atoms with Gasteiger partial charge in [-0.2, -0.15) is 0 Å². The molecule has 0 bridgehead atoms. The van der Waals surface area contributed by atoms with Crippen LogP contribution in [0.2, 0.25) is 0 Å². The molecule has 0 unspecified atom stereocenters. The largest absolute Gasteiger partial charge is 0.452 e. The molecule has 1 spiro atoms. The van der Waals surface area contributed by atoms with Crippen molar-refractivity contribution in [2.24, 2.45) is 0 Å². The Labute approximate surface area is 197 Å². The summed E-state index contributed by atoms with van der Waals surface area (Å²) in [5.41, 5.74) is 0.134. The lowest BCUT2D eigenvalue weighted by Gasteiger charge is -2.44. The van der Waals surface area contributed by atoms with Crippen LogP contribution in [0.3, 0.4) is 0 Å². The van der Waals surface area contributed by atoms with Crippen LogP contribution in [-0.2, 0) is 24.3 Å². The monoisotopic (exact) mass is 483 g/mol. The number of amides is 2. The van der Waals surface area contributed by atoms with Crippen LogP contribution >= 0.6 is 0 Å². The third-order valence-electron chi connectivity index (χ3n) is 6.53. The summed E-state index contributed by atoms with van der Waals surface area (Å²) in [6.07, 6.45) is 4.27. The van der Waals surface area contributed by atoms with Gasteiger partial charge in [0.05, 0.1) is 21.8 Å². The standard InChI is InChI=1S/C24H25N3O6S/c28-21(27-20-9-2-1-8-19(20)25-23(30)24(27)12-3-4-13-24)15-33-22(29)16-6-5-7-18(14-16)34(31,32)26-17-10-11-17/h1-2,5-9,14,17,26H,3-4,10-13,15H2,(H,25,30). The van der Waals surface area contributed by atoms with Crippen molar-refractivity contribution in [1.29, 1.82) is 0 Å². The average Bonchev–Trinajstić information content (AvgIpc) is 3.50. The Morgan fingerprint density at radius 3 is 2.56 bits per heavy atom. The average molecular weight is 484 g/mol. The molecule has 2 N–H and O–H groups in total. The van der Waals surface area contributed by atoms with Crippen molar-refractivity contribution in [3.05, 3.63) is 54.1 Å². The van der Waals surface area contributed by atoms with Gasteiger partial charge in [-0.05, 0) is 56.0 Å². The second-order valence-electron chi connectivity index (χ2n) is 8.94. The van der Waals surface area contributed by atoms with E-state index in [-0.39, 0.29) is 22.4 Å². The van der Waals surface area contributed by atoms with Crippen molar-refractivity contribution in [2.45, 2.75) is 55.0 Å². The smallest absolute Gasteiger partial charge is 0.338 e. The van der Waals surface area contributed by atoms with Gasteiger partial charge in [-0.15, -0.1) is 0 Å². The zero-order valence-corrected chi connectivity index (χ0v) is 19.3. The van der Waals surface area contributed by atoms with Gasteiger partial charge in [-0.3, -0.25) is 14.5 Å². The fourth-order valence-electron chi connectivity index (χ4n) is 4.68. The third-order valence-corrected chi connectivity index (χ3v) is 8.05. The number of para-hydroxylation sites is 2. The van der Waals surface area contributed by atoms with E-state index in [1.807, 2.05) is 0 Å². The van der Waals surface area contributed by atoms with Gasteiger partial charge >= 0.3 is 5.97 Å². The van der Waals surface area contributed by atoms with Crippen molar-refractivity contribution < 1.29 is 27.5 Å². The number of nitrogens with one attached hydrogen (secondary N) is 2. The number of rotatable bonds is 6. The number of anilines is 2. The molecule has 2 aromatic carbocycles. The molecular weight excluding hydrogens is 458 g/mol. The van der Waals surface area contributed by atoms with Gasteiger partial charge < -0.3 is 10.1 Å². The summed E-state index contributed by atoms with van der Waals surface area (Å²) in [5.74, 6) is -1.55. The maximum atomic E-state index is 13.3. The highest BCUT2D eigenvalue weighted by atomic mass is 32.2. The minimum atomic E-state index is -3.73. The third kappa shape index (κ3) is 4.07. The van der Waals surface area contributed by atoms with Crippen molar-refractivity contribution >= 4 is 39.2 Å². The Balaban J connectivity index is 1.34. The summed E-state index contributed by atoms with van der Waals surface area (Å²) < 4.78 is 32.8. The number of esters is 1. The normalized spacial score (nSPS) is 18.9. The predicted octanol–water partition coefficient (Wildman–Crippen LogP) is 2.58. The van der Waals surface area contributed by atoms with Crippen LogP contribution in [0.1, 0.15) is 48.9 Å². The van der Waals surface area contributed by atoms with Gasteiger partial charge in [0, 0.05) is 6.04 Å². The molecule has 9 nitrogen and oxygen atoms in total. The predicted molar refractivity (Wildman–Crippen MR) is 124 cm³/mol. The lowest BCUT2D eigenvalue weighted by molar-refractivity contribution is -0.129. The fraction of sp³-hybridized carbons (Fsp3) is 0.375. The van der Waals surface area contributed by atoms with E-state index in [9.17, 15) is 22.8 Å². The molecule has 0 aromatic heterocycles. The minimum Gasteiger partial charge on any atom is -0.452 e. The molecule has 2 amide bonds. The highest BCUT2D eigenvalue weighted by Crippen LogP contribution is 2.45. The first-order chi connectivity index (χ1) is 16.3. The molecule has 1 heterocycles. The number of carbonyl (C=O) groups is 3. The van der Waals surface area contributed by atoms with Crippen molar-refractivity contribution in [3.8, 4) is 0 Å². The molecule has 10 heteroatoms. The summed E-state index contributed by atoms with van der Waals surface area (Å²) in [7, 11) is -3.73. The lowest BCUT2D eigenvalue weighted by Crippen LogP contribution is -2.61. The Morgan fingerprint density at radius 1 is 1.09 bits per heavy atom. The zero-order chi connectivity index (χ0) is 23.9. The van der Waals surface area contributed by atoms with Crippen LogP contribution in [0.25, 0.3) is 0 Å². The first kappa shape index (κ1) is 22.5. The van der Waals surface area contributed by atoms with Crippen LogP contribution in [0.5, 0.6) is 0 Å². The molecule has 1 aliphatic heterocycles. The Bertz CT molecular complexity index is 1260. The Hall–Kier alpha value is -3.24. The van der Waals surface area contributed by atoms with Crippen molar-refractivity contribution in [3.63, 3.8) is 0 Å². The van der Waals surface area contributed by atoms with Crippen LogP contribution in [0, 0.1) is 0 Å². The number of hydrogen-bond acceptors (Lipinski definition) is 6. The van der Waals surface area contributed by atoms with Gasteiger partial charge in [0.1, 0.15) is 5.54 Å². The highest BCUT2D eigenvalue weighted by Gasteiger charge is 2.52. The Kier molecular flexibility index (Phi) is 5.65. The van der Waals surface area contributed by atoms with E-state index in [4.69, 9.17) is 4.74 Å². The van der Waals surface area contributed by atoms with E-state index in [2.05, 4.69) is 10.0 Å². The first-order valence-electron chi connectivity index (χ1n) is 11.3. The molecule has 0 radical (unpaired) electrons. The number of sulfonamides is 1. The number of ether oxygens (including phenoxy) is 1. The van der Waals surface area contributed by atoms with Crippen LogP contribution in [-0.4, -0.2) is 44.4 Å². The molecule has 5 rings (SSSR count). The lowest BCUT2D eigenvalue weighted by atomic mass is 9.90. The maximum absolute atomic E-state index is 13.3. The van der Waals surface area contributed by atoms with E-state index in [1.54, 1.807) is 24.3 Å². The molecule has 2 saturated carbocycles. The van der Waals surface area contributed by atoms with Gasteiger partial charge in [0.25, 0.3) is 11.8 Å². The summed E-state index contributed by atoms with van der Waals surface area (Å²) >= 11 is 0. The topological polar surface area (TPSA) is 122 Å². The second kappa shape index (κ2) is 8.52. The van der Waals surface area contributed by atoms with E-state index in [0.717, 1.165) is 25.7 Å². The van der Waals surface area contributed by atoms with E-state index in [0.29, 0.717) is 24.2 Å². The number of fused-ring (bicyclic) bond motifs is 1. The fourth-order valence-corrected chi connectivity index (χ4v) is 6.03. The zero-order valence-electron chi connectivity index (χ0n) is 18.5. The van der Waals surface area contributed by atoms with Gasteiger partial charge in [-0.25, -0.2) is 17.9 Å². The Morgan fingerprint density at radius 2 is 1.82 bits per heavy atom. The number of benzene rings is 2. The molecule has 0 saturated heterocycles. The second-order valence-corrected chi connectivity index (χ2v) is 10.7. The van der Waals surface area contributed by atoms with Crippen molar-refractivity contribution in [1.82, 2.24) is 4.72 Å². The van der Waals surface area contributed by atoms with Crippen LogP contribution in [0.4, 0.5) is 11.4 Å². The molecule has 2 fully saturated rings. The van der Waals surface area contributed by atoms with E-state index < -0.39 is 34.0 Å². The van der Waals surface area contributed by atoms with Gasteiger partial charge in [-0.1, -0.05) is 31.0 Å². The molecule has 2 aliphatic carbocycles. The quantitative estimate of drug-likeness (QED) is 0.609. The number of nitrogens with zero attached hydrogens (tertiary/aromatic N) is 1. The summed E-state index contributed by atoms with van der Waals surface area (Å²) in [5, 5.41) is 2.90. The van der Waals surface area contributed by atoms with E-state index >= 15 is 0 Å². The van der Waals surface area contributed by atoms with Crippen molar-refractivity contribution in [2.75, 3.05) is 16.8 Å². The minimum absolute atomic E-state index is 0.0267. The molecule has 178 valence electrons. The molecule has 2 aromatic rings. The molecular formula is C24H25N3O6S. The van der Waals surface area contributed by atoms with Gasteiger partial charge in [0.2, 0.25) is 10.0 Å². The van der Waals surface area contributed by atoms with Gasteiger partial charge in [0.15, 0.2) is 6.61 Å². The van der Waals surface area contributed by atoms with E-state index in [1.165, 1.54) is 29.2 Å². The van der Waals surface area contributed by atoms with Crippen LogP contribution in [0.15, 0.2) is 53.4 Å². The summed E-state index contributed by atoms with van der Waals surface area (Å²) in [6.45, 7) is -0.570. The number of hydrogen-bond donors (Lipinski definition) is 2. The van der Waals surface area contributed by atoms with Crippen LogP contribution < -0.4 is 14.9 Å². The summed E-state index contributed by atoms with van der Waals surface area (Å²) in [6, 6.07) is 12.5. The molecule has 0 atom stereocenters. The SMILES string of the molecule is O=C(OCC(=O)N1c2ccccc2NC(=O)C12CCCC2)c1cccc(S(=O)(=O)NC2CC2)c1. The highest BCUT2D eigenvalue weighted by molar-refractivity contribution is 7.89. The molecule has 34 heavy (non-hydrogen) atoms. The molecule has 3 aliphatic rings. The number of carbonyl (C=O) groups excluding carboxylic acids is 3. The summed E-state index contributed by atoms with van der Waals surface area (Å²) in [4.78, 5) is 40.4. The first-order valence-corrected chi connectivity index (χ1v) is 12.8.